The summed E-state index contributed by atoms with van der Waals surface area (Å²) in [5.41, 5.74) is 6.15. The predicted molar refractivity (Wildman–Crippen MR) is 96.2 cm³/mol. The van der Waals surface area contributed by atoms with Crippen molar-refractivity contribution in [1.82, 2.24) is 5.32 Å². The van der Waals surface area contributed by atoms with Crippen LogP contribution in [-0.2, 0) is 6.42 Å². The lowest BCUT2D eigenvalue weighted by molar-refractivity contribution is -0.274. The highest BCUT2D eigenvalue weighted by Gasteiger charge is 2.31. The third-order valence-electron chi connectivity index (χ3n) is 2.89. The molecule has 0 aliphatic heterocycles. The van der Waals surface area contributed by atoms with E-state index < -0.39 is 6.36 Å². The van der Waals surface area contributed by atoms with Gasteiger partial charge < -0.3 is 15.8 Å². The standard InChI is InChI=1S/C15H22F3N3O.HI/c1-11(2)7-9-20-14(19)21-10-8-12-5-3-4-6-13(12)22-15(16,17)18;/h3-6,11H,7-10H2,1-2H3,(H3,19,20,21);1H. The Balaban J connectivity index is 0.00000484. The molecule has 0 saturated carbocycles. The first kappa shape index (κ1) is 21.8. The quantitative estimate of drug-likeness (QED) is 0.383. The van der Waals surface area contributed by atoms with Gasteiger partial charge in [-0.25, -0.2) is 0 Å². The number of benzene rings is 1. The van der Waals surface area contributed by atoms with Crippen molar-refractivity contribution in [2.24, 2.45) is 16.6 Å². The number of nitrogens with zero attached hydrogens (tertiary/aromatic N) is 1. The van der Waals surface area contributed by atoms with Crippen LogP contribution in [0.15, 0.2) is 29.3 Å². The Kier molecular flexibility index (Phi) is 10.0. The molecule has 0 radical (unpaired) electrons. The molecule has 0 aliphatic carbocycles. The van der Waals surface area contributed by atoms with Crippen molar-refractivity contribution in [2.45, 2.75) is 33.1 Å². The van der Waals surface area contributed by atoms with Crippen molar-refractivity contribution in [3.63, 3.8) is 0 Å². The number of ether oxygens (including phenoxy) is 1. The maximum absolute atomic E-state index is 12.3. The second-order valence-corrected chi connectivity index (χ2v) is 5.28. The molecule has 0 spiro atoms. The fourth-order valence-electron chi connectivity index (χ4n) is 1.76. The highest BCUT2D eigenvalue weighted by Crippen LogP contribution is 2.26. The van der Waals surface area contributed by atoms with Crippen LogP contribution in [-0.4, -0.2) is 25.4 Å². The van der Waals surface area contributed by atoms with Gasteiger partial charge in [-0.05, 0) is 30.4 Å². The fourth-order valence-corrected chi connectivity index (χ4v) is 1.76. The van der Waals surface area contributed by atoms with E-state index in [9.17, 15) is 13.2 Å². The van der Waals surface area contributed by atoms with Gasteiger partial charge in [0.2, 0.25) is 0 Å². The molecule has 23 heavy (non-hydrogen) atoms. The average molecular weight is 445 g/mol. The third-order valence-corrected chi connectivity index (χ3v) is 2.89. The zero-order valence-electron chi connectivity index (χ0n) is 13.2. The van der Waals surface area contributed by atoms with Crippen molar-refractivity contribution in [3.05, 3.63) is 29.8 Å². The van der Waals surface area contributed by atoms with E-state index in [0.717, 1.165) is 6.42 Å². The molecule has 0 saturated heterocycles. The molecule has 0 amide bonds. The maximum Gasteiger partial charge on any atom is 0.573 e. The van der Waals surface area contributed by atoms with Gasteiger partial charge >= 0.3 is 6.36 Å². The second-order valence-electron chi connectivity index (χ2n) is 5.28. The Labute approximate surface area is 151 Å². The number of alkyl halides is 3. The monoisotopic (exact) mass is 445 g/mol. The molecule has 1 aromatic carbocycles. The van der Waals surface area contributed by atoms with Crippen molar-refractivity contribution >= 4 is 29.9 Å². The van der Waals surface area contributed by atoms with Crippen LogP contribution in [0.1, 0.15) is 25.8 Å². The number of aliphatic imine (C=N–C) groups is 1. The summed E-state index contributed by atoms with van der Waals surface area (Å²) < 4.78 is 40.9. The van der Waals surface area contributed by atoms with E-state index in [2.05, 4.69) is 28.9 Å². The van der Waals surface area contributed by atoms with E-state index >= 15 is 0 Å². The minimum atomic E-state index is -4.69. The van der Waals surface area contributed by atoms with Gasteiger partial charge in [-0.3, -0.25) is 4.99 Å². The maximum atomic E-state index is 12.3. The van der Waals surface area contributed by atoms with E-state index in [1.54, 1.807) is 12.1 Å². The summed E-state index contributed by atoms with van der Waals surface area (Å²) in [4.78, 5) is 4.15. The summed E-state index contributed by atoms with van der Waals surface area (Å²) >= 11 is 0. The molecular weight excluding hydrogens is 422 g/mol. The zero-order valence-corrected chi connectivity index (χ0v) is 15.5. The van der Waals surface area contributed by atoms with Crippen molar-refractivity contribution in [2.75, 3.05) is 13.1 Å². The van der Waals surface area contributed by atoms with Gasteiger partial charge in [0.15, 0.2) is 5.96 Å². The molecular formula is C15H23F3IN3O. The lowest BCUT2D eigenvalue weighted by Crippen LogP contribution is -2.33. The van der Waals surface area contributed by atoms with Gasteiger partial charge in [0, 0.05) is 13.1 Å². The molecule has 1 rings (SSSR count). The highest BCUT2D eigenvalue weighted by atomic mass is 127. The molecule has 0 aromatic heterocycles. The first-order valence-electron chi connectivity index (χ1n) is 7.15. The SMILES string of the molecule is CC(C)CCN=C(N)NCCc1ccccc1OC(F)(F)F.I. The lowest BCUT2D eigenvalue weighted by Gasteiger charge is -2.13. The molecule has 0 bridgehead atoms. The minimum absolute atomic E-state index is 0. The molecule has 0 atom stereocenters. The molecule has 3 N–H and O–H groups in total. The smallest absolute Gasteiger partial charge is 0.406 e. The number of guanidine groups is 1. The Morgan fingerprint density at radius 3 is 2.57 bits per heavy atom. The van der Waals surface area contributed by atoms with Crippen LogP contribution in [0.5, 0.6) is 5.75 Å². The predicted octanol–water partition coefficient (Wildman–Crippen LogP) is 3.70. The first-order chi connectivity index (χ1) is 10.3. The van der Waals surface area contributed by atoms with E-state index in [1.807, 2.05) is 0 Å². The lowest BCUT2D eigenvalue weighted by atomic mass is 10.1. The van der Waals surface area contributed by atoms with Crippen LogP contribution in [0.2, 0.25) is 0 Å². The van der Waals surface area contributed by atoms with E-state index in [-0.39, 0.29) is 29.7 Å². The molecule has 4 nitrogen and oxygen atoms in total. The summed E-state index contributed by atoms with van der Waals surface area (Å²) in [5, 5.41) is 2.89. The minimum Gasteiger partial charge on any atom is -0.406 e. The van der Waals surface area contributed by atoms with E-state index in [0.29, 0.717) is 37.0 Å². The van der Waals surface area contributed by atoms with Gasteiger partial charge in [0.25, 0.3) is 0 Å². The van der Waals surface area contributed by atoms with Crippen LogP contribution >= 0.6 is 24.0 Å². The zero-order chi connectivity index (χ0) is 16.6. The van der Waals surface area contributed by atoms with Crippen molar-refractivity contribution < 1.29 is 17.9 Å². The molecule has 0 unspecified atom stereocenters. The van der Waals surface area contributed by atoms with Gasteiger partial charge in [0.1, 0.15) is 5.75 Å². The Hall–Kier alpha value is -1.19. The number of hydrogen-bond donors (Lipinski definition) is 2. The van der Waals surface area contributed by atoms with Gasteiger partial charge in [0.05, 0.1) is 0 Å². The normalized spacial score (nSPS) is 12.0. The number of nitrogens with two attached hydrogens (primary N) is 1. The average Bonchev–Trinajstić information content (AvgIpc) is 2.38. The van der Waals surface area contributed by atoms with E-state index in [4.69, 9.17) is 5.73 Å². The van der Waals surface area contributed by atoms with Crippen molar-refractivity contribution in [3.8, 4) is 5.75 Å². The highest BCUT2D eigenvalue weighted by molar-refractivity contribution is 14.0. The molecule has 132 valence electrons. The summed E-state index contributed by atoms with van der Waals surface area (Å²) in [6, 6.07) is 6.05. The fraction of sp³-hybridized carbons (Fsp3) is 0.533. The summed E-state index contributed by atoms with van der Waals surface area (Å²) in [6.45, 7) is 5.20. The van der Waals surface area contributed by atoms with E-state index in [1.165, 1.54) is 12.1 Å². The molecule has 1 aromatic rings. The largest absolute Gasteiger partial charge is 0.573 e. The molecule has 0 heterocycles. The topological polar surface area (TPSA) is 59.6 Å². The second kappa shape index (κ2) is 10.6. The Bertz CT molecular complexity index is 493. The van der Waals surface area contributed by atoms with Crippen LogP contribution in [0.4, 0.5) is 13.2 Å². The van der Waals surface area contributed by atoms with Crippen LogP contribution < -0.4 is 15.8 Å². The Morgan fingerprint density at radius 1 is 1.30 bits per heavy atom. The first-order valence-corrected chi connectivity index (χ1v) is 7.15. The number of halogens is 4. The summed E-state index contributed by atoms with van der Waals surface area (Å²) in [6.07, 6.45) is -3.40. The van der Waals surface area contributed by atoms with Crippen LogP contribution in [0, 0.1) is 5.92 Å². The number of rotatable bonds is 7. The van der Waals surface area contributed by atoms with Gasteiger partial charge in [-0.1, -0.05) is 32.0 Å². The third kappa shape index (κ3) is 10.2. The van der Waals surface area contributed by atoms with Crippen LogP contribution in [0.3, 0.4) is 0 Å². The Morgan fingerprint density at radius 2 is 1.96 bits per heavy atom. The van der Waals surface area contributed by atoms with Gasteiger partial charge in [-0.15, -0.1) is 37.1 Å². The van der Waals surface area contributed by atoms with Gasteiger partial charge in [-0.2, -0.15) is 0 Å². The summed E-state index contributed by atoms with van der Waals surface area (Å²) in [5.74, 6) is 0.657. The van der Waals surface area contributed by atoms with Crippen molar-refractivity contribution in [1.29, 1.82) is 0 Å². The number of hydrogen-bond acceptors (Lipinski definition) is 2. The number of nitrogens with one attached hydrogen (secondary N) is 1. The molecule has 8 heteroatoms. The van der Waals surface area contributed by atoms with Crippen LogP contribution in [0.25, 0.3) is 0 Å². The summed E-state index contributed by atoms with van der Waals surface area (Å²) in [7, 11) is 0. The number of para-hydroxylation sites is 1. The molecule has 0 aliphatic rings. The molecule has 0 fully saturated rings.